The number of rotatable bonds is 2. The van der Waals surface area contributed by atoms with E-state index in [1.54, 1.807) is 6.92 Å². The highest BCUT2D eigenvalue weighted by Crippen LogP contribution is 2.44. The summed E-state index contributed by atoms with van der Waals surface area (Å²) in [7, 11) is 2.18. The fraction of sp³-hybridized carbons (Fsp3) is 0.545. The maximum absolute atomic E-state index is 13.0. The summed E-state index contributed by atoms with van der Waals surface area (Å²) in [5.74, 6) is 1.76. The van der Waals surface area contributed by atoms with Gasteiger partial charge in [-0.1, -0.05) is 0 Å². The molecule has 1 aromatic heterocycles. The van der Waals surface area contributed by atoms with Crippen LogP contribution in [0.25, 0.3) is 11.3 Å². The van der Waals surface area contributed by atoms with Crippen molar-refractivity contribution in [1.29, 1.82) is 0 Å². The molecule has 1 aliphatic carbocycles. The molecule has 2 aliphatic heterocycles. The fourth-order valence-corrected chi connectivity index (χ4v) is 5.81. The summed E-state index contributed by atoms with van der Waals surface area (Å²) < 4.78 is 39.1. The van der Waals surface area contributed by atoms with Gasteiger partial charge in [-0.05, 0) is 68.8 Å². The zero-order valence-corrected chi connectivity index (χ0v) is 17.1. The van der Waals surface area contributed by atoms with E-state index >= 15 is 0 Å². The maximum atomic E-state index is 13.0. The zero-order chi connectivity index (χ0) is 21.2. The molecule has 3 atom stereocenters. The molecule has 5 nitrogen and oxygen atoms in total. The van der Waals surface area contributed by atoms with Crippen molar-refractivity contribution in [3.8, 4) is 17.0 Å². The highest BCUT2D eigenvalue weighted by Gasteiger charge is 2.46. The average molecular weight is 418 g/mol. The van der Waals surface area contributed by atoms with E-state index in [1.165, 1.54) is 12.8 Å². The van der Waals surface area contributed by atoms with Crippen molar-refractivity contribution in [3.05, 3.63) is 34.9 Å². The van der Waals surface area contributed by atoms with Crippen LogP contribution in [0.2, 0.25) is 0 Å². The number of nitrogens with zero attached hydrogens (tertiary/aromatic N) is 4. The van der Waals surface area contributed by atoms with Gasteiger partial charge in [-0.3, -0.25) is 0 Å². The van der Waals surface area contributed by atoms with E-state index < -0.39 is 17.5 Å². The second kappa shape index (κ2) is 6.83. The number of likely N-dealkylation sites (tertiary alicyclic amines) is 1. The Morgan fingerprint density at radius 3 is 2.40 bits per heavy atom. The summed E-state index contributed by atoms with van der Waals surface area (Å²) in [6, 6.07) is 4.18. The maximum Gasteiger partial charge on any atom is 0.416 e. The van der Waals surface area contributed by atoms with Crippen LogP contribution in [0.1, 0.15) is 29.5 Å². The number of phenolic OH excluding ortho intramolecular Hbond substituents is 1. The van der Waals surface area contributed by atoms with Crippen molar-refractivity contribution in [2.45, 2.75) is 38.4 Å². The molecule has 5 rings (SSSR count). The van der Waals surface area contributed by atoms with Crippen LogP contribution in [-0.2, 0) is 12.6 Å². The molecule has 160 valence electrons. The van der Waals surface area contributed by atoms with Gasteiger partial charge in [0.05, 0.1) is 11.3 Å². The normalized spacial score (nSPS) is 26.3. The van der Waals surface area contributed by atoms with Crippen LogP contribution in [-0.4, -0.2) is 52.9 Å². The highest BCUT2D eigenvalue weighted by molar-refractivity contribution is 5.73. The van der Waals surface area contributed by atoms with E-state index in [0.29, 0.717) is 34.7 Å². The van der Waals surface area contributed by atoms with Crippen molar-refractivity contribution >= 4 is 5.82 Å². The molecular weight excluding hydrogens is 393 g/mol. The van der Waals surface area contributed by atoms with E-state index in [-0.39, 0.29) is 0 Å². The Labute approximate surface area is 173 Å². The Hall–Kier alpha value is -2.35. The molecule has 2 bridgehead atoms. The molecule has 3 heterocycles. The number of anilines is 1. The van der Waals surface area contributed by atoms with Crippen LogP contribution in [0.15, 0.2) is 18.2 Å². The summed E-state index contributed by atoms with van der Waals surface area (Å²) >= 11 is 0. The Kier molecular flexibility index (Phi) is 4.47. The molecule has 3 aliphatic rings. The molecule has 0 amide bonds. The second-order valence-electron chi connectivity index (χ2n) is 9.02. The number of piperidine rings is 1. The number of halogens is 3. The van der Waals surface area contributed by atoms with Gasteiger partial charge in [0.2, 0.25) is 0 Å². The highest BCUT2D eigenvalue weighted by atomic mass is 19.4. The zero-order valence-electron chi connectivity index (χ0n) is 17.1. The van der Waals surface area contributed by atoms with Crippen LogP contribution in [0.5, 0.6) is 5.75 Å². The third-order valence-electron chi connectivity index (χ3n) is 6.97. The first-order valence-corrected chi connectivity index (χ1v) is 10.5. The topological polar surface area (TPSA) is 52.5 Å². The third-order valence-corrected chi connectivity index (χ3v) is 6.97. The number of aromatic nitrogens is 2. The minimum absolute atomic E-state index is 0.316. The van der Waals surface area contributed by atoms with Crippen LogP contribution in [0, 0.1) is 18.8 Å². The van der Waals surface area contributed by atoms with E-state index in [9.17, 15) is 18.3 Å². The first-order valence-electron chi connectivity index (χ1n) is 10.5. The number of hydrogen-bond acceptors (Lipinski definition) is 5. The molecule has 8 heteroatoms. The molecule has 1 saturated heterocycles. The number of aromatic hydroxyl groups is 1. The van der Waals surface area contributed by atoms with Gasteiger partial charge < -0.3 is 14.9 Å². The number of hydrogen-bond donors (Lipinski definition) is 1. The first-order chi connectivity index (χ1) is 14.2. The second-order valence-corrected chi connectivity index (χ2v) is 9.02. The number of benzene rings is 1. The summed E-state index contributed by atoms with van der Waals surface area (Å²) in [6.07, 6.45) is -1.17. The van der Waals surface area contributed by atoms with E-state index in [0.717, 1.165) is 49.6 Å². The predicted molar refractivity (Wildman–Crippen MR) is 107 cm³/mol. The Morgan fingerprint density at radius 2 is 1.77 bits per heavy atom. The number of aryl methyl sites for hydroxylation is 1. The minimum Gasteiger partial charge on any atom is -0.507 e. The summed E-state index contributed by atoms with van der Waals surface area (Å²) in [4.78, 5) is 4.82. The van der Waals surface area contributed by atoms with E-state index in [1.807, 2.05) is 6.07 Å². The van der Waals surface area contributed by atoms with Crippen molar-refractivity contribution < 1.29 is 18.3 Å². The van der Waals surface area contributed by atoms with Gasteiger partial charge in [-0.25, -0.2) is 0 Å². The monoisotopic (exact) mass is 418 g/mol. The Bertz CT molecular complexity index is 956. The quantitative estimate of drug-likeness (QED) is 0.802. The van der Waals surface area contributed by atoms with Crippen LogP contribution in [0.3, 0.4) is 0 Å². The number of fused-ring (bicyclic) bond motifs is 3. The summed E-state index contributed by atoms with van der Waals surface area (Å²) in [6.45, 7) is 4.67. The van der Waals surface area contributed by atoms with Gasteiger partial charge in [-0.2, -0.15) is 13.2 Å². The lowest BCUT2D eigenvalue weighted by Crippen LogP contribution is -2.51. The molecule has 1 aromatic carbocycles. The van der Waals surface area contributed by atoms with Crippen molar-refractivity contribution in [3.63, 3.8) is 0 Å². The summed E-state index contributed by atoms with van der Waals surface area (Å²) in [5.41, 5.74) is 1.26. The van der Waals surface area contributed by atoms with E-state index in [4.69, 9.17) is 0 Å². The molecule has 1 saturated carbocycles. The van der Waals surface area contributed by atoms with Crippen molar-refractivity contribution in [1.82, 2.24) is 15.1 Å². The molecule has 0 radical (unpaired) electrons. The lowest BCUT2D eigenvalue weighted by atomic mass is 9.91. The first kappa shape index (κ1) is 19.6. The number of alkyl halides is 3. The molecular formula is C22H25F3N4O. The molecule has 2 fully saturated rings. The van der Waals surface area contributed by atoms with Gasteiger partial charge >= 0.3 is 6.18 Å². The smallest absolute Gasteiger partial charge is 0.416 e. The van der Waals surface area contributed by atoms with Gasteiger partial charge in [0, 0.05) is 36.8 Å². The van der Waals surface area contributed by atoms with Gasteiger partial charge in [0.15, 0.2) is 5.82 Å². The molecule has 1 unspecified atom stereocenters. The van der Waals surface area contributed by atoms with Gasteiger partial charge in [0.25, 0.3) is 0 Å². The van der Waals surface area contributed by atoms with Crippen LogP contribution >= 0.6 is 0 Å². The number of phenols is 1. The standard InChI is InChI=1S/C22H25F3N4O/c1-12-7-16(22(23,24)25)9-18(30)19(12)17-8-13-5-6-29(21(13)27-26-17)20-14-3-4-15(20)11-28(2)10-14/h7-9,14-15,20,30H,3-6,10-11H2,1-2H3/t14-,15+,20?. The van der Waals surface area contributed by atoms with Gasteiger partial charge in [0.1, 0.15) is 5.75 Å². The van der Waals surface area contributed by atoms with Gasteiger partial charge in [-0.15, -0.1) is 10.2 Å². The Morgan fingerprint density at radius 1 is 1.07 bits per heavy atom. The molecule has 0 spiro atoms. The third kappa shape index (κ3) is 3.12. The average Bonchev–Trinajstić information content (AvgIpc) is 3.18. The lowest BCUT2D eigenvalue weighted by Gasteiger charge is -2.41. The van der Waals surface area contributed by atoms with Crippen molar-refractivity contribution in [2.75, 3.05) is 31.6 Å². The SMILES string of the molecule is Cc1cc(C(F)(F)F)cc(O)c1-c1cc2c(nn1)N(C1[C@@H]3CC[C@H]1CN(C)C3)CC2. The predicted octanol–water partition coefficient (Wildman–Crippen LogP) is 3.88. The largest absolute Gasteiger partial charge is 0.507 e. The lowest BCUT2D eigenvalue weighted by molar-refractivity contribution is -0.137. The molecule has 30 heavy (non-hydrogen) atoms. The molecule has 2 aromatic rings. The van der Waals surface area contributed by atoms with Crippen LogP contribution < -0.4 is 4.90 Å². The van der Waals surface area contributed by atoms with Crippen LogP contribution in [0.4, 0.5) is 19.0 Å². The Balaban J connectivity index is 1.47. The van der Waals surface area contributed by atoms with Crippen molar-refractivity contribution in [2.24, 2.45) is 11.8 Å². The summed E-state index contributed by atoms with van der Waals surface area (Å²) in [5, 5.41) is 19.1. The molecule has 1 N–H and O–H groups in total. The minimum atomic E-state index is -4.50. The van der Waals surface area contributed by atoms with E-state index in [2.05, 4.69) is 27.0 Å². The fourth-order valence-electron chi connectivity index (χ4n) is 5.81.